The molecule has 21 heavy (non-hydrogen) atoms. The maximum absolute atomic E-state index is 12.5. The highest BCUT2D eigenvalue weighted by Gasteiger charge is 2.40. The Morgan fingerprint density at radius 2 is 2.19 bits per heavy atom. The number of nitro groups is 1. The molecule has 0 saturated carbocycles. The van der Waals surface area contributed by atoms with Crippen LogP contribution >= 0.6 is 23.4 Å². The molecule has 2 rings (SSSR count). The number of nitro benzene ring substituents is 1. The van der Waals surface area contributed by atoms with Crippen molar-refractivity contribution in [3.63, 3.8) is 0 Å². The molecular weight excluding hydrogens is 320 g/mol. The second-order valence-electron chi connectivity index (χ2n) is 4.42. The number of halogens is 1. The van der Waals surface area contributed by atoms with Gasteiger partial charge < -0.3 is 10.0 Å². The van der Waals surface area contributed by atoms with Crippen LogP contribution in [0, 0.1) is 10.1 Å². The van der Waals surface area contributed by atoms with E-state index in [0.29, 0.717) is 0 Å². The first-order chi connectivity index (χ1) is 9.82. The van der Waals surface area contributed by atoms with E-state index in [1.165, 1.54) is 28.8 Å². The third-order valence-electron chi connectivity index (χ3n) is 3.13. The van der Waals surface area contributed by atoms with Crippen LogP contribution < -0.4 is 0 Å². The quantitative estimate of drug-likeness (QED) is 0.673. The first-order valence-corrected chi connectivity index (χ1v) is 7.36. The molecule has 1 saturated heterocycles. The number of amides is 1. The number of carbonyl (C=O) groups is 2. The summed E-state index contributed by atoms with van der Waals surface area (Å²) in [5, 5.41) is 19.7. The Morgan fingerprint density at radius 3 is 2.76 bits per heavy atom. The van der Waals surface area contributed by atoms with Crippen LogP contribution in [0.2, 0.25) is 5.02 Å². The van der Waals surface area contributed by atoms with Crippen LogP contribution in [-0.4, -0.2) is 44.0 Å². The lowest BCUT2D eigenvalue weighted by atomic mass is 10.1. The number of non-ortho nitro benzene ring substituents is 1. The van der Waals surface area contributed by atoms with Gasteiger partial charge in [0.15, 0.2) is 0 Å². The number of rotatable bonds is 3. The van der Waals surface area contributed by atoms with E-state index in [0.717, 1.165) is 6.07 Å². The Balaban J connectivity index is 2.41. The molecule has 1 fully saturated rings. The van der Waals surface area contributed by atoms with Gasteiger partial charge in [-0.3, -0.25) is 14.9 Å². The van der Waals surface area contributed by atoms with Crippen molar-refractivity contribution in [2.24, 2.45) is 0 Å². The summed E-state index contributed by atoms with van der Waals surface area (Å²) in [6.45, 7) is 1.71. The van der Waals surface area contributed by atoms with E-state index in [1.807, 2.05) is 0 Å². The molecule has 0 aliphatic carbocycles. The molecule has 1 amide bonds. The molecule has 1 N–H and O–H groups in total. The molecule has 1 heterocycles. The third-order valence-corrected chi connectivity index (χ3v) is 4.68. The Labute approximate surface area is 129 Å². The van der Waals surface area contributed by atoms with Crippen molar-refractivity contribution in [3.05, 3.63) is 38.9 Å². The summed E-state index contributed by atoms with van der Waals surface area (Å²) in [5.41, 5.74) is -0.333. The fraction of sp³-hybridized carbons (Fsp3) is 0.333. The van der Waals surface area contributed by atoms with E-state index >= 15 is 0 Å². The number of thioether (sulfide) groups is 1. The number of carboxylic acid groups (broad SMARTS) is 1. The molecule has 112 valence electrons. The summed E-state index contributed by atoms with van der Waals surface area (Å²) in [6.07, 6.45) is 0. The molecule has 2 atom stereocenters. The van der Waals surface area contributed by atoms with Crippen LogP contribution in [0.15, 0.2) is 18.2 Å². The van der Waals surface area contributed by atoms with Gasteiger partial charge >= 0.3 is 5.97 Å². The molecule has 9 heteroatoms. The van der Waals surface area contributed by atoms with E-state index in [-0.39, 0.29) is 27.4 Å². The van der Waals surface area contributed by atoms with Crippen molar-refractivity contribution in [3.8, 4) is 0 Å². The van der Waals surface area contributed by atoms with Gasteiger partial charge in [0.2, 0.25) is 0 Å². The molecule has 1 aromatic carbocycles. The van der Waals surface area contributed by atoms with Gasteiger partial charge in [-0.2, -0.15) is 0 Å². The zero-order chi connectivity index (χ0) is 15.7. The fourth-order valence-electron chi connectivity index (χ4n) is 2.07. The van der Waals surface area contributed by atoms with Crippen LogP contribution in [0.3, 0.4) is 0 Å². The monoisotopic (exact) mass is 330 g/mol. The standard InChI is InChI=1S/C12H11ClN2O5S/c1-6-14(10(5-21-6)12(17)18)11(16)8-4-7(15(19)20)2-3-9(8)13/h2-4,6,10H,5H2,1H3,(H,17,18). The predicted octanol–water partition coefficient (Wildman–Crippen LogP) is 2.24. The number of benzene rings is 1. The highest BCUT2D eigenvalue weighted by atomic mass is 35.5. The van der Waals surface area contributed by atoms with Gasteiger partial charge in [0.1, 0.15) is 6.04 Å². The van der Waals surface area contributed by atoms with E-state index in [1.54, 1.807) is 6.92 Å². The predicted molar refractivity (Wildman–Crippen MR) is 77.6 cm³/mol. The SMILES string of the molecule is CC1SCC(C(=O)O)N1C(=O)c1cc([N+](=O)[O-])ccc1Cl. The fourth-order valence-corrected chi connectivity index (χ4v) is 3.44. The summed E-state index contributed by atoms with van der Waals surface area (Å²) < 4.78 is 0. The lowest BCUT2D eigenvalue weighted by Crippen LogP contribution is -2.44. The van der Waals surface area contributed by atoms with Gasteiger partial charge in [-0.05, 0) is 13.0 Å². The smallest absolute Gasteiger partial charge is 0.327 e. The summed E-state index contributed by atoms with van der Waals surface area (Å²) in [6, 6.07) is 2.55. The number of hydrogen-bond donors (Lipinski definition) is 1. The van der Waals surface area contributed by atoms with Gasteiger partial charge in [0.25, 0.3) is 11.6 Å². The average Bonchev–Trinajstić information content (AvgIpc) is 2.80. The second-order valence-corrected chi connectivity index (χ2v) is 6.18. The number of carboxylic acids is 1. The summed E-state index contributed by atoms with van der Waals surface area (Å²) in [4.78, 5) is 35.1. The molecule has 2 unspecified atom stereocenters. The van der Waals surface area contributed by atoms with E-state index in [4.69, 9.17) is 16.7 Å². The molecule has 0 radical (unpaired) electrons. The minimum absolute atomic E-state index is 0.0545. The van der Waals surface area contributed by atoms with Crippen molar-refractivity contribution in [1.82, 2.24) is 4.90 Å². The van der Waals surface area contributed by atoms with Crippen LogP contribution in [-0.2, 0) is 4.79 Å². The summed E-state index contributed by atoms with van der Waals surface area (Å²) >= 11 is 7.25. The minimum atomic E-state index is -1.11. The molecule has 1 aliphatic heterocycles. The van der Waals surface area contributed by atoms with Gasteiger partial charge in [-0.25, -0.2) is 4.79 Å². The van der Waals surface area contributed by atoms with Crippen molar-refractivity contribution in [1.29, 1.82) is 0 Å². The molecule has 1 aromatic rings. The van der Waals surface area contributed by atoms with Crippen LogP contribution in [0.4, 0.5) is 5.69 Å². The van der Waals surface area contributed by atoms with Crippen LogP contribution in [0.25, 0.3) is 0 Å². The van der Waals surface area contributed by atoms with Crippen molar-refractivity contribution in [2.75, 3.05) is 5.75 Å². The van der Waals surface area contributed by atoms with Gasteiger partial charge in [-0.1, -0.05) is 11.6 Å². The number of nitrogens with zero attached hydrogens (tertiary/aromatic N) is 2. The number of aliphatic carboxylic acids is 1. The first-order valence-electron chi connectivity index (χ1n) is 5.94. The molecule has 0 aromatic heterocycles. The maximum Gasteiger partial charge on any atom is 0.327 e. The Kier molecular flexibility index (Phi) is 4.38. The van der Waals surface area contributed by atoms with Crippen molar-refractivity contribution < 1.29 is 19.6 Å². The summed E-state index contributed by atoms with van der Waals surface area (Å²) in [7, 11) is 0. The zero-order valence-electron chi connectivity index (χ0n) is 10.9. The second kappa shape index (κ2) is 5.90. The lowest BCUT2D eigenvalue weighted by molar-refractivity contribution is -0.384. The topological polar surface area (TPSA) is 101 Å². The van der Waals surface area contributed by atoms with Crippen molar-refractivity contribution >= 4 is 40.9 Å². The Morgan fingerprint density at radius 1 is 1.52 bits per heavy atom. The molecule has 1 aliphatic rings. The normalized spacial score (nSPS) is 21.3. The molecular formula is C12H11ClN2O5S. The van der Waals surface area contributed by atoms with E-state index < -0.39 is 22.8 Å². The molecule has 0 spiro atoms. The largest absolute Gasteiger partial charge is 0.480 e. The Hall–Kier alpha value is -1.80. The molecule has 0 bridgehead atoms. The van der Waals surface area contributed by atoms with Crippen molar-refractivity contribution in [2.45, 2.75) is 18.3 Å². The Bertz CT molecular complexity index is 624. The average molecular weight is 331 g/mol. The highest BCUT2D eigenvalue weighted by molar-refractivity contribution is 8.00. The van der Waals surface area contributed by atoms with Crippen LogP contribution in [0.1, 0.15) is 17.3 Å². The number of hydrogen-bond acceptors (Lipinski definition) is 5. The first kappa shape index (κ1) is 15.6. The minimum Gasteiger partial charge on any atom is -0.480 e. The van der Waals surface area contributed by atoms with E-state index in [2.05, 4.69) is 0 Å². The highest BCUT2D eigenvalue weighted by Crippen LogP contribution is 2.32. The lowest BCUT2D eigenvalue weighted by Gasteiger charge is -2.25. The molecule has 7 nitrogen and oxygen atoms in total. The van der Waals surface area contributed by atoms with Gasteiger partial charge in [0.05, 0.1) is 20.9 Å². The van der Waals surface area contributed by atoms with Gasteiger partial charge in [0, 0.05) is 17.9 Å². The van der Waals surface area contributed by atoms with Gasteiger partial charge in [-0.15, -0.1) is 11.8 Å². The number of carbonyl (C=O) groups excluding carboxylic acids is 1. The summed E-state index contributed by atoms with van der Waals surface area (Å²) in [5.74, 6) is -1.45. The maximum atomic E-state index is 12.5. The zero-order valence-corrected chi connectivity index (χ0v) is 12.4. The third kappa shape index (κ3) is 2.96. The van der Waals surface area contributed by atoms with Crippen LogP contribution in [0.5, 0.6) is 0 Å². The van der Waals surface area contributed by atoms with E-state index in [9.17, 15) is 19.7 Å².